The zero-order valence-corrected chi connectivity index (χ0v) is 14.3. The fraction of sp³-hybridized carbons (Fsp3) is 0.562. The monoisotopic (exact) mass is 310 g/mol. The summed E-state index contributed by atoms with van der Waals surface area (Å²) in [6.45, 7) is 8.75. The lowest BCUT2D eigenvalue weighted by Crippen LogP contribution is -2.39. The van der Waals surface area contributed by atoms with Crippen LogP contribution in [0.1, 0.15) is 19.4 Å². The summed E-state index contributed by atoms with van der Waals surface area (Å²) in [5.41, 5.74) is 1.22. The highest BCUT2D eigenvalue weighted by Gasteiger charge is 2.06. The van der Waals surface area contributed by atoms with Crippen molar-refractivity contribution >= 4 is 17.6 Å². The van der Waals surface area contributed by atoms with E-state index in [1.807, 2.05) is 24.3 Å². The number of rotatable bonds is 7. The molecule has 1 aromatic carbocycles. The van der Waals surface area contributed by atoms with E-state index in [-0.39, 0.29) is 0 Å². The van der Waals surface area contributed by atoms with Gasteiger partial charge in [-0.2, -0.15) is 0 Å². The Hall–Kier alpha value is -1.26. The standard InChI is InChI=1S/C16H27ClN4/c1-5-18-16(19-11-12-20(3)6-2)21(4)13-14-7-9-15(17)10-8-14/h7-10H,5-6,11-13H2,1-4H3,(H,18,19). The van der Waals surface area contributed by atoms with Crippen molar-refractivity contribution in [3.63, 3.8) is 0 Å². The zero-order chi connectivity index (χ0) is 15.7. The van der Waals surface area contributed by atoms with Gasteiger partial charge in [0.2, 0.25) is 0 Å². The minimum Gasteiger partial charge on any atom is -0.357 e. The number of likely N-dealkylation sites (N-methyl/N-ethyl adjacent to an activating group) is 1. The molecule has 1 N–H and O–H groups in total. The molecule has 0 bridgehead atoms. The van der Waals surface area contributed by atoms with E-state index in [9.17, 15) is 0 Å². The van der Waals surface area contributed by atoms with E-state index in [2.05, 4.69) is 48.1 Å². The molecule has 0 aromatic heterocycles. The van der Waals surface area contributed by atoms with Gasteiger partial charge in [0, 0.05) is 31.7 Å². The number of guanidine groups is 1. The third-order valence-electron chi connectivity index (χ3n) is 3.31. The number of aliphatic imine (C=N–C) groups is 1. The van der Waals surface area contributed by atoms with Crippen LogP contribution in [0.25, 0.3) is 0 Å². The molecule has 0 amide bonds. The maximum atomic E-state index is 5.92. The molecule has 0 atom stereocenters. The average Bonchev–Trinajstić information content (AvgIpc) is 2.48. The summed E-state index contributed by atoms with van der Waals surface area (Å²) in [6.07, 6.45) is 0. The number of hydrogen-bond donors (Lipinski definition) is 1. The van der Waals surface area contributed by atoms with Gasteiger partial charge in [-0.1, -0.05) is 30.7 Å². The second kappa shape index (κ2) is 9.64. The van der Waals surface area contributed by atoms with E-state index in [0.717, 1.165) is 43.7 Å². The molecular formula is C16H27ClN4. The first-order chi connectivity index (χ1) is 10.1. The predicted molar refractivity (Wildman–Crippen MR) is 92.1 cm³/mol. The summed E-state index contributed by atoms with van der Waals surface area (Å²) in [6, 6.07) is 7.94. The molecule has 0 aliphatic rings. The normalized spacial score (nSPS) is 11.8. The first-order valence-electron chi connectivity index (χ1n) is 7.49. The second-order valence-electron chi connectivity index (χ2n) is 5.11. The predicted octanol–water partition coefficient (Wildman–Crippen LogP) is 2.69. The molecule has 118 valence electrons. The smallest absolute Gasteiger partial charge is 0.194 e. The largest absolute Gasteiger partial charge is 0.357 e. The van der Waals surface area contributed by atoms with Crippen LogP contribution in [0.2, 0.25) is 5.02 Å². The molecule has 1 aromatic rings. The lowest BCUT2D eigenvalue weighted by atomic mass is 10.2. The van der Waals surface area contributed by atoms with Crippen molar-refractivity contribution in [3.05, 3.63) is 34.9 Å². The Bertz CT molecular complexity index is 430. The SMILES string of the molecule is CCNC(=NCCN(C)CC)N(C)Cc1ccc(Cl)cc1. The van der Waals surface area contributed by atoms with Gasteiger partial charge < -0.3 is 15.1 Å². The van der Waals surface area contributed by atoms with Crippen molar-refractivity contribution in [2.75, 3.05) is 40.3 Å². The van der Waals surface area contributed by atoms with Crippen molar-refractivity contribution < 1.29 is 0 Å². The van der Waals surface area contributed by atoms with E-state index in [1.165, 1.54) is 5.56 Å². The lowest BCUT2D eigenvalue weighted by molar-refractivity contribution is 0.361. The van der Waals surface area contributed by atoms with Gasteiger partial charge in [0.25, 0.3) is 0 Å². The molecule has 0 aliphatic heterocycles. The van der Waals surface area contributed by atoms with Crippen LogP contribution in [0.15, 0.2) is 29.3 Å². The molecule has 0 saturated carbocycles. The van der Waals surface area contributed by atoms with Crippen molar-refractivity contribution in [2.24, 2.45) is 4.99 Å². The van der Waals surface area contributed by atoms with Crippen LogP contribution in [0, 0.1) is 0 Å². The van der Waals surface area contributed by atoms with Crippen molar-refractivity contribution in [1.82, 2.24) is 15.1 Å². The van der Waals surface area contributed by atoms with Crippen LogP contribution in [0.3, 0.4) is 0 Å². The summed E-state index contributed by atoms with van der Waals surface area (Å²) < 4.78 is 0. The average molecular weight is 311 g/mol. The quantitative estimate of drug-likeness (QED) is 0.620. The van der Waals surface area contributed by atoms with Crippen LogP contribution in [-0.2, 0) is 6.54 Å². The minimum atomic E-state index is 0.768. The Balaban J connectivity index is 2.61. The van der Waals surface area contributed by atoms with Gasteiger partial charge in [-0.25, -0.2) is 0 Å². The molecule has 0 fully saturated rings. The summed E-state index contributed by atoms with van der Waals surface area (Å²) >= 11 is 5.92. The summed E-state index contributed by atoms with van der Waals surface area (Å²) in [5.74, 6) is 0.942. The van der Waals surface area contributed by atoms with E-state index >= 15 is 0 Å². The topological polar surface area (TPSA) is 30.9 Å². The molecule has 0 heterocycles. The van der Waals surface area contributed by atoms with Crippen LogP contribution >= 0.6 is 11.6 Å². The van der Waals surface area contributed by atoms with E-state index < -0.39 is 0 Å². The molecule has 0 radical (unpaired) electrons. The van der Waals surface area contributed by atoms with Gasteiger partial charge in [-0.15, -0.1) is 0 Å². The van der Waals surface area contributed by atoms with E-state index in [1.54, 1.807) is 0 Å². The zero-order valence-electron chi connectivity index (χ0n) is 13.6. The Labute approximate surface area is 133 Å². The Morgan fingerprint density at radius 3 is 2.43 bits per heavy atom. The van der Waals surface area contributed by atoms with Crippen molar-refractivity contribution in [3.8, 4) is 0 Å². The fourth-order valence-corrected chi connectivity index (χ4v) is 2.02. The molecule has 0 spiro atoms. The molecule has 1 rings (SSSR count). The maximum Gasteiger partial charge on any atom is 0.194 e. The van der Waals surface area contributed by atoms with Crippen LogP contribution in [0.5, 0.6) is 0 Å². The van der Waals surface area contributed by atoms with Gasteiger partial charge in [0.15, 0.2) is 5.96 Å². The highest BCUT2D eigenvalue weighted by atomic mass is 35.5. The van der Waals surface area contributed by atoms with Crippen molar-refractivity contribution in [2.45, 2.75) is 20.4 Å². The Kier molecular flexibility index (Phi) is 8.16. The molecule has 0 unspecified atom stereocenters. The van der Waals surface area contributed by atoms with Gasteiger partial charge in [-0.3, -0.25) is 4.99 Å². The molecule has 21 heavy (non-hydrogen) atoms. The first-order valence-corrected chi connectivity index (χ1v) is 7.87. The number of nitrogens with one attached hydrogen (secondary N) is 1. The number of hydrogen-bond acceptors (Lipinski definition) is 2. The summed E-state index contributed by atoms with van der Waals surface area (Å²) in [7, 11) is 4.17. The third kappa shape index (κ3) is 6.82. The minimum absolute atomic E-state index is 0.768. The van der Waals surface area contributed by atoms with Gasteiger partial charge in [-0.05, 0) is 38.2 Å². The molecule has 0 saturated heterocycles. The first kappa shape index (κ1) is 17.8. The van der Waals surface area contributed by atoms with Crippen LogP contribution < -0.4 is 5.32 Å². The number of halogens is 1. The highest BCUT2D eigenvalue weighted by molar-refractivity contribution is 6.30. The van der Waals surface area contributed by atoms with Crippen molar-refractivity contribution in [1.29, 1.82) is 0 Å². The van der Waals surface area contributed by atoms with Crippen LogP contribution in [-0.4, -0.2) is 56.0 Å². The number of benzene rings is 1. The summed E-state index contributed by atoms with van der Waals surface area (Å²) in [5, 5.41) is 4.11. The molecule has 4 nitrogen and oxygen atoms in total. The lowest BCUT2D eigenvalue weighted by Gasteiger charge is -2.22. The van der Waals surface area contributed by atoms with Gasteiger partial charge in [0.05, 0.1) is 6.54 Å². The highest BCUT2D eigenvalue weighted by Crippen LogP contribution is 2.10. The van der Waals surface area contributed by atoms with Gasteiger partial charge >= 0.3 is 0 Å². The molecule has 5 heteroatoms. The third-order valence-corrected chi connectivity index (χ3v) is 3.56. The second-order valence-corrected chi connectivity index (χ2v) is 5.55. The van der Waals surface area contributed by atoms with Crippen LogP contribution in [0.4, 0.5) is 0 Å². The molecular weight excluding hydrogens is 284 g/mol. The fourth-order valence-electron chi connectivity index (χ4n) is 1.89. The van der Waals surface area contributed by atoms with Gasteiger partial charge in [0.1, 0.15) is 0 Å². The van der Waals surface area contributed by atoms with E-state index in [0.29, 0.717) is 0 Å². The number of nitrogens with zero attached hydrogens (tertiary/aromatic N) is 3. The maximum absolute atomic E-state index is 5.92. The summed E-state index contributed by atoms with van der Waals surface area (Å²) in [4.78, 5) is 9.07. The Morgan fingerprint density at radius 2 is 1.86 bits per heavy atom. The molecule has 0 aliphatic carbocycles. The van der Waals surface area contributed by atoms with E-state index in [4.69, 9.17) is 11.6 Å². The Morgan fingerprint density at radius 1 is 1.19 bits per heavy atom.